The number of para-hydroxylation sites is 1. The highest BCUT2D eigenvalue weighted by molar-refractivity contribution is 5.97. The predicted molar refractivity (Wildman–Crippen MR) is 71.4 cm³/mol. The van der Waals surface area contributed by atoms with Crippen LogP contribution in [0.3, 0.4) is 0 Å². The SMILES string of the molecule is CCOc1ccccc1C(=O)NC(C)CCC(=O)O. The number of carbonyl (C=O) groups is 2. The van der Waals surface area contributed by atoms with Gasteiger partial charge in [0.2, 0.25) is 0 Å². The molecule has 0 aliphatic carbocycles. The van der Waals surface area contributed by atoms with E-state index in [4.69, 9.17) is 9.84 Å². The summed E-state index contributed by atoms with van der Waals surface area (Å²) in [6.45, 7) is 4.12. The highest BCUT2D eigenvalue weighted by atomic mass is 16.5. The fourth-order valence-electron chi connectivity index (χ4n) is 1.65. The van der Waals surface area contributed by atoms with Crippen LogP contribution in [-0.2, 0) is 4.79 Å². The lowest BCUT2D eigenvalue weighted by molar-refractivity contribution is -0.137. The number of ether oxygens (including phenoxy) is 1. The minimum Gasteiger partial charge on any atom is -0.493 e. The standard InChI is InChI=1S/C14H19NO4/c1-3-19-12-7-5-4-6-11(12)14(18)15-10(2)8-9-13(16)17/h4-7,10H,3,8-9H2,1-2H3,(H,15,18)(H,16,17). The Kier molecular flexibility index (Phi) is 5.85. The number of rotatable bonds is 7. The minimum absolute atomic E-state index is 0.0363. The number of carboxylic acid groups (broad SMARTS) is 1. The van der Waals surface area contributed by atoms with E-state index in [0.717, 1.165) is 0 Å². The Bertz CT molecular complexity index is 445. The van der Waals surface area contributed by atoms with Crippen molar-refractivity contribution in [2.45, 2.75) is 32.7 Å². The molecule has 0 radical (unpaired) electrons. The van der Waals surface area contributed by atoms with Crippen LogP contribution in [0.1, 0.15) is 37.0 Å². The second kappa shape index (κ2) is 7.41. The largest absolute Gasteiger partial charge is 0.493 e. The van der Waals surface area contributed by atoms with Gasteiger partial charge in [0.15, 0.2) is 0 Å². The van der Waals surface area contributed by atoms with Crippen molar-refractivity contribution in [2.75, 3.05) is 6.61 Å². The molecule has 1 aromatic carbocycles. The third-order valence-electron chi connectivity index (χ3n) is 2.60. The maximum atomic E-state index is 12.1. The maximum absolute atomic E-state index is 12.1. The maximum Gasteiger partial charge on any atom is 0.303 e. The first-order chi connectivity index (χ1) is 9.04. The minimum atomic E-state index is -0.865. The zero-order valence-corrected chi connectivity index (χ0v) is 11.2. The van der Waals surface area contributed by atoms with Crippen LogP contribution < -0.4 is 10.1 Å². The van der Waals surface area contributed by atoms with Gasteiger partial charge in [-0.3, -0.25) is 9.59 Å². The van der Waals surface area contributed by atoms with Crippen LogP contribution in [0, 0.1) is 0 Å². The molecule has 1 aromatic rings. The summed E-state index contributed by atoms with van der Waals surface area (Å²) in [7, 11) is 0. The van der Waals surface area contributed by atoms with Gasteiger partial charge in [-0.2, -0.15) is 0 Å². The number of carboxylic acids is 1. The Morgan fingerprint density at radius 2 is 2.05 bits per heavy atom. The summed E-state index contributed by atoms with van der Waals surface area (Å²) in [5.41, 5.74) is 0.464. The van der Waals surface area contributed by atoms with Gasteiger partial charge in [-0.15, -0.1) is 0 Å². The van der Waals surface area contributed by atoms with Crippen molar-refractivity contribution in [1.82, 2.24) is 5.32 Å². The summed E-state index contributed by atoms with van der Waals surface area (Å²) in [4.78, 5) is 22.5. The fraction of sp³-hybridized carbons (Fsp3) is 0.429. The number of hydrogen-bond donors (Lipinski definition) is 2. The quantitative estimate of drug-likeness (QED) is 0.791. The zero-order chi connectivity index (χ0) is 14.3. The molecule has 1 unspecified atom stereocenters. The van der Waals surface area contributed by atoms with Crippen LogP contribution in [0.15, 0.2) is 24.3 Å². The van der Waals surface area contributed by atoms with E-state index in [2.05, 4.69) is 5.32 Å². The molecule has 0 fully saturated rings. The summed E-state index contributed by atoms with van der Waals surface area (Å²) in [6.07, 6.45) is 0.437. The van der Waals surface area contributed by atoms with Crippen molar-refractivity contribution in [1.29, 1.82) is 0 Å². The fourth-order valence-corrected chi connectivity index (χ4v) is 1.65. The van der Waals surface area contributed by atoms with Crippen molar-refractivity contribution in [3.63, 3.8) is 0 Å². The van der Waals surface area contributed by atoms with E-state index < -0.39 is 5.97 Å². The second-order valence-corrected chi connectivity index (χ2v) is 4.24. The molecule has 1 amide bonds. The molecule has 2 N–H and O–H groups in total. The first kappa shape index (κ1) is 15.0. The van der Waals surface area contributed by atoms with Crippen LogP contribution in [-0.4, -0.2) is 29.6 Å². The Hall–Kier alpha value is -2.04. The molecule has 0 bridgehead atoms. The molecule has 0 aromatic heterocycles. The Balaban J connectivity index is 2.64. The summed E-state index contributed by atoms with van der Waals surface area (Å²) in [5, 5.41) is 11.4. The van der Waals surface area contributed by atoms with E-state index in [1.165, 1.54) is 0 Å². The summed E-state index contributed by atoms with van der Waals surface area (Å²) >= 11 is 0. The average molecular weight is 265 g/mol. The molecule has 0 saturated carbocycles. The summed E-state index contributed by atoms with van der Waals surface area (Å²) in [6, 6.07) is 6.79. The number of benzene rings is 1. The van der Waals surface area contributed by atoms with Crippen molar-refractivity contribution in [3.8, 4) is 5.75 Å². The van der Waals surface area contributed by atoms with Gasteiger partial charge in [0.1, 0.15) is 5.75 Å². The van der Waals surface area contributed by atoms with Gasteiger partial charge in [0.25, 0.3) is 5.91 Å². The number of carbonyl (C=O) groups excluding carboxylic acids is 1. The smallest absolute Gasteiger partial charge is 0.303 e. The van der Waals surface area contributed by atoms with E-state index >= 15 is 0 Å². The van der Waals surface area contributed by atoms with Crippen LogP contribution in [0.5, 0.6) is 5.75 Å². The lowest BCUT2D eigenvalue weighted by Gasteiger charge is -2.14. The predicted octanol–water partition coefficient (Wildman–Crippen LogP) is 2.07. The highest BCUT2D eigenvalue weighted by Crippen LogP contribution is 2.18. The van der Waals surface area contributed by atoms with Crippen molar-refractivity contribution in [3.05, 3.63) is 29.8 Å². The molecule has 0 heterocycles. The third-order valence-corrected chi connectivity index (χ3v) is 2.60. The van der Waals surface area contributed by atoms with E-state index in [9.17, 15) is 9.59 Å². The van der Waals surface area contributed by atoms with E-state index in [1.807, 2.05) is 6.92 Å². The van der Waals surface area contributed by atoms with Crippen LogP contribution in [0.25, 0.3) is 0 Å². The highest BCUT2D eigenvalue weighted by Gasteiger charge is 2.14. The molecule has 1 rings (SSSR count). The Morgan fingerprint density at radius 3 is 2.68 bits per heavy atom. The van der Waals surface area contributed by atoms with Crippen LogP contribution in [0.4, 0.5) is 0 Å². The Labute approximate surface area is 112 Å². The van der Waals surface area contributed by atoms with E-state index in [-0.39, 0.29) is 18.4 Å². The molecular formula is C14H19NO4. The lowest BCUT2D eigenvalue weighted by atomic mass is 10.1. The molecule has 0 aliphatic rings. The van der Waals surface area contributed by atoms with Crippen LogP contribution in [0.2, 0.25) is 0 Å². The monoisotopic (exact) mass is 265 g/mol. The normalized spacial score (nSPS) is 11.7. The van der Waals surface area contributed by atoms with E-state index in [1.54, 1.807) is 31.2 Å². The summed E-state index contributed by atoms with van der Waals surface area (Å²) < 4.78 is 5.38. The molecule has 0 aliphatic heterocycles. The first-order valence-electron chi connectivity index (χ1n) is 6.29. The first-order valence-corrected chi connectivity index (χ1v) is 6.29. The molecule has 19 heavy (non-hydrogen) atoms. The molecule has 1 atom stereocenters. The van der Waals surface area contributed by atoms with Gasteiger partial charge in [-0.25, -0.2) is 0 Å². The molecule has 5 nitrogen and oxygen atoms in total. The third kappa shape index (κ3) is 4.99. The molecular weight excluding hydrogens is 246 g/mol. The number of hydrogen-bond acceptors (Lipinski definition) is 3. The van der Waals surface area contributed by atoms with Gasteiger partial charge < -0.3 is 15.2 Å². The van der Waals surface area contributed by atoms with E-state index in [0.29, 0.717) is 24.3 Å². The zero-order valence-electron chi connectivity index (χ0n) is 11.2. The lowest BCUT2D eigenvalue weighted by Crippen LogP contribution is -2.33. The van der Waals surface area contributed by atoms with Crippen molar-refractivity contribution < 1.29 is 19.4 Å². The number of aliphatic carboxylic acids is 1. The second-order valence-electron chi connectivity index (χ2n) is 4.24. The molecule has 0 saturated heterocycles. The van der Waals surface area contributed by atoms with Gasteiger partial charge in [-0.1, -0.05) is 12.1 Å². The Morgan fingerprint density at radius 1 is 1.37 bits per heavy atom. The summed E-state index contributed by atoms with van der Waals surface area (Å²) in [5.74, 6) is -0.578. The van der Waals surface area contributed by atoms with Gasteiger partial charge in [0, 0.05) is 12.5 Å². The van der Waals surface area contributed by atoms with Crippen molar-refractivity contribution >= 4 is 11.9 Å². The van der Waals surface area contributed by atoms with Gasteiger partial charge in [-0.05, 0) is 32.4 Å². The number of amides is 1. The molecule has 104 valence electrons. The topological polar surface area (TPSA) is 75.6 Å². The van der Waals surface area contributed by atoms with Gasteiger partial charge >= 0.3 is 5.97 Å². The number of nitrogens with one attached hydrogen (secondary N) is 1. The molecule has 0 spiro atoms. The van der Waals surface area contributed by atoms with Gasteiger partial charge in [0.05, 0.1) is 12.2 Å². The van der Waals surface area contributed by atoms with Crippen molar-refractivity contribution in [2.24, 2.45) is 0 Å². The van der Waals surface area contributed by atoms with Crippen LogP contribution >= 0.6 is 0 Å². The molecule has 5 heteroatoms. The average Bonchev–Trinajstić information content (AvgIpc) is 2.37.